The number of allylic oxidation sites excluding steroid dienone is 2. The Bertz CT molecular complexity index is 986. The summed E-state index contributed by atoms with van der Waals surface area (Å²) in [4.78, 5) is 24.6. The summed E-state index contributed by atoms with van der Waals surface area (Å²) in [5.74, 6) is -0.0572. The molecule has 6 heteroatoms. The van der Waals surface area contributed by atoms with Gasteiger partial charge >= 0.3 is 5.97 Å². The Morgan fingerprint density at radius 2 is 0.712 bits per heavy atom. The molecule has 0 aliphatic carbocycles. The van der Waals surface area contributed by atoms with Crippen LogP contribution in [0.5, 0.6) is 0 Å². The van der Waals surface area contributed by atoms with Gasteiger partial charge in [0.2, 0.25) is 5.91 Å². The lowest BCUT2D eigenvalue weighted by molar-refractivity contribution is -0.143. The van der Waals surface area contributed by atoms with Crippen LogP contribution in [-0.2, 0) is 14.3 Å². The molecule has 66 heavy (non-hydrogen) atoms. The third-order valence-electron chi connectivity index (χ3n) is 14.1. The van der Waals surface area contributed by atoms with Crippen molar-refractivity contribution in [1.82, 2.24) is 5.32 Å². The predicted molar refractivity (Wildman–Crippen MR) is 287 cm³/mol. The third kappa shape index (κ3) is 52.0. The summed E-state index contributed by atoms with van der Waals surface area (Å²) < 4.78 is 5.47. The Morgan fingerprint density at radius 1 is 0.409 bits per heavy atom. The molecule has 0 bridgehead atoms. The van der Waals surface area contributed by atoms with Crippen LogP contribution in [0.25, 0.3) is 0 Å². The minimum atomic E-state index is -0.673. The molecule has 0 radical (unpaired) electrons. The lowest BCUT2D eigenvalue weighted by Crippen LogP contribution is -2.45. The Kier molecular flexibility index (Phi) is 55.0. The van der Waals surface area contributed by atoms with Gasteiger partial charge in [-0.05, 0) is 51.4 Å². The Balaban J connectivity index is 3.44. The molecule has 0 aliphatic rings. The number of carbonyl (C=O) groups is 2. The van der Waals surface area contributed by atoms with E-state index in [2.05, 4.69) is 31.3 Å². The lowest BCUT2D eigenvalue weighted by Gasteiger charge is -2.22. The summed E-state index contributed by atoms with van der Waals surface area (Å²) in [7, 11) is 0. The zero-order chi connectivity index (χ0) is 47.9. The molecule has 6 nitrogen and oxygen atoms in total. The van der Waals surface area contributed by atoms with Crippen molar-refractivity contribution in [2.45, 2.75) is 347 Å². The van der Waals surface area contributed by atoms with Crippen LogP contribution in [0.3, 0.4) is 0 Å². The average Bonchev–Trinajstić information content (AvgIpc) is 3.32. The molecule has 0 aromatic heterocycles. The SMILES string of the molecule is CCCCCCC/C=C\CCCCCCCC(=O)OCCCCCCCCCCCCCCCC(=O)NC(CO)C(O)CCCCCCCCCCCCCCCCCCCCCCCC. The van der Waals surface area contributed by atoms with Crippen molar-refractivity contribution in [3.05, 3.63) is 12.2 Å². The van der Waals surface area contributed by atoms with Crippen LogP contribution in [-0.4, -0.2) is 47.4 Å². The van der Waals surface area contributed by atoms with Gasteiger partial charge in [-0.25, -0.2) is 0 Å². The number of ether oxygens (including phenoxy) is 1. The van der Waals surface area contributed by atoms with E-state index in [1.165, 1.54) is 250 Å². The monoisotopic (exact) mass is 932 g/mol. The van der Waals surface area contributed by atoms with Crippen LogP contribution < -0.4 is 5.32 Å². The molecule has 392 valence electrons. The normalized spacial score (nSPS) is 12.6. The van der Waals surface area contributed by atoms with Gasteiger partial charge in [0.15, 0.2) is 0 Å². The number of unbranched alkanes of at least 4 members (excludes halogenated alkanes) is 43. The maximum absolute atomic E-state index is 12.5. The molecule has 1 amide bonds. The smallest absolute Gasteiger partial charge is 0.305 e. The Hall–Kier alpha value is -1.40. The highest BCUT2D eigenvalue weighted by Crippen LogP contribution is 2.18. The number of nitrogens with one attached hydrogen (secondary N) is 1. The highest BCUT2D eigenvalue weighted by molar-refractivity contribution is 5.76. The number of esters is 1. The first-order chi connectivity index (χ1) is 32.5. The minimum absolute atomic E-state index is 0.0128. The molecule has 0 rings (SSSR count). The van der Waals surface area contributed by atoms with Crippen molar-refractivity contribution >= 4 is 11.9 Å². The fourth-order valence-corrected chi connectivity index (χ4v) is 9.46. The summed E-state index contributed by atoms with van der Waals surface area (Å²) in [6, 6.07) is -0.552. The molecule has 0 saturated heterocycles. The van der Waals surface area contributed by atoms with Crippen molar-refractivity contribution in [2.24, 2.45) is 0 Å². The minimum Gasteiger partial charge on any atom is -0.466 e. The van der Waals surface area contributed by atoms with E-state index in [1.54, 1.807) is 0 Å². The first-order valence-corrected chi connectivity index (χ1v) is 29.9. The first-order valence-electron chi connectivity index (χ1n) is 29.9. The van der Waals surface area contributed by atoms with E-state index in [1.807, 2.05) is 0 Å². The number of aliphatic hydroxyl groups excluding tert-OH is 2. The molecule has 3 N–H and O–H groups in total. The molecule has 2 unspecified atom stereocenters. The predicted octanol–water partition coefficient (Wildman–Crippen LogP) is 18.5. The van der Waals surface area contributed by atoms with Gasteiger partial charge in [-0.1, -0.05) is 283 Å². The van der Waals surface area contributed by atoms with Gasteiger partial charge in [-0.15, -0.1) is 0 Å². The van der Waals surface area contributed by atoms with Crippen LogP contribution >= 0.6 is 0 Å². The second kappa shape index (κ2) is 56.2. The van der Waals surface area contributed by atoms with Gasteiger partial charge in [-0.3, -0.25) is 9.59 Å². The van der Waals surface area contributed by atoms with Crippen LogP contribution in [0.15, 0.2) is 12.2 Å². The van der Waals surface area contributed by atoms with Crippen molar-refractivity contribution < 1.29 is 24.5 Å². The second-order valence-corrected chi connectivity index (χ2v) is 20.7. The first kappa shape index (κ1) is 64.6. The molecular formula is C60H117NO5. The summed E-state index contributed by atoms with van der Waals surface area (Å²) >= 11 is 0. The molecule has 0 aromatic carbocycles. The van der Waals surface area contributed by atoms with E-state index in [-0.39, 0.29) is 18.5 Å². The summed E-state index contributed by atoms with van der Waals surface area (Å²) in [5, 5.41) is 23.4. The maximum Gasteiger partial charge on any atom is 0.305 e. The molecule has 0 spiro atoms. The highest BCUT2D eigenvalue weighted by Gasteiger charge is 2.20. The zero-order valence-electron chi connectivity index (χ0n) is 44.7. The largest absolute Gasteiger partial charge is 0.466 e. The van der Waals surface area contributed by atoms with Crippen molar-refractivity contribution in [2.75, 3.05) is 13.2 Å². The fourth-order valence-electron chi connectivity index (χ4n) is 9.46. The van der Waals surface area contributed by atoms with Gasteiger partial charge in [0.05, 0.1) is 25.4 Å². The number of rotatable bonds is 56. The van der Waals surface area contributed by atoms with Crippen molar-refractivity contribution in [3.8, 4) is 0 Å². The quantitative estimate of drug-likeness (QED) is 0.0321. The third-order valence-corrected chi connectivity index (χ3v) is 14.1. The van der Waals surface area contributed by atoms with E-state index in [9.17, 15) is 19.8 Å². The van der Waals surface area contributed by atoms with Crippen LogP contribution in [0.1, 0.15) is 335 Å². The molecule has 0 heterocycles. The Labute approximate surface area is 412 Å². The fraction of sp³-hybridized carbons (Fsp3) is 0.933. The van der Waals surface area contributed by atoms with Gasteiger partial charge in [0, 0.05) is 12.8 Å². The zero-order valence-corrected chi connectivity index (χ0v) is 44.7. The molecular weight excluding hydrogens is 815 g/mol. The molecule has 0 saturated carbocycles. The topological polar surface area (TPSA) is 95.9 Å². The summed E-state index contributed by atoms with van der Waals surface area (Å²) in [6.45, 7) is 4.94. The maximum atomic E-state index is 12.5. The van der Waals surface area contributed by atoms with Gasteiger partial charge in [-0.2, -0.15) is 0 Å². The van der Waals surface area contributed by atoms with E-state index in [0.29, 0.717) is 25.9 Å². The van der Waals surface area contributed by atoms with E-state index >= 15 is 0 Å². The van der Waals surface area contributed by atoms with Crippen LogP contribution in [0.2, 0.25) is 0 Å². The summed E-state index contributed by atoms with van der Waals surface area (Å²) in [5.41, 5.74) is 0. The van der Waals surface area contributed by atoms with Gasteiger partial charge in [0.1, 0.15) is 0 Å². The molecule has 2 atom stereocenters. The van der Waals surface area contributed by atoms with E-state index in [4.69, 9.17) is 4.74 Å². The van der Waals surface area contributed by atoms with Gasteiger partial charge in [0.25, 0.3) is 0 Å². The lowest BCUT2D eigenvalue weighted by atomic mass is 10.0. The highest BCUT2D eigenvalue weighted by atomic mass is 16.5. The number of amides is 1. The summed E-state index contributed by atoms with van der Waals surface area (Å²) in [6.07, 6.45) is 66.3. The number of aliphatic hydroxyl groups is 2. The van der Waals surface area contributed by atoms with Crippen LogP contribution in [0, 0.1) is 0 Å². The van der Waals surface area contributed by atoms with Gasteiger partial charge < -0.3 is 20.3 Å². The molecule has 0 aromatic rings. The Morgan fingerprint density at radius 3 is 1.08 bits per heavy atom. The molecule has 0 fully saturated rings. The standard InChI is InChI=1S/C60H117NO5/c1-3-5-7-9-11-13-15-17-19-20-21-22-23-24-25-26-28-32-36-40-44-48-52-58(63)57(56-62)61-59(64)53-49-45-41-37-33-29-27-31-35-39-43-47-51-55-66-60(65)54-50-46-42-38-34-30-18-16-14-12-10-8-6-4-2/h16,18,57-58,62-63H,3-15,17,19-56H2,1-2H3,(H,61,64)/b18-16-. The van der Waals surface area contributed by atoms with E-state index in [0.717, 1.165) is 51.4 Å². The van der Waals surface area contributed by atoms with Crippen LogP contribution in [0.4, 0.5) is 0 Å². The number of hydrogen-bond acceptors (Lipinski definition) is 5. The number of hydrogen-bond donors (Lipinski definition) is 3. The van der Waals surface area contributed by atoms with E-state index < -0.39 is 12.1 Å². The van der Waals surface area contributed by atoms with Crippen molar-refractivity contribution in [1.29, 1.82) is 0 Å². The van der Waals surface area contributed by atoms with Crippen molar-refractivity contribution in [3.63, 3.8) is 0 Å². The average molecular weight is 933 g/mol. The molecule has 0 aliphatic heterocycles. The number of carbonyl (C=O) groups excluding carboxylic acids is 2. The second-order valence-electron chi connectivity index (χ2n) is 20.7.